The first-order valence-corrected chi connectivity index (χ1v) is 7.01. The van der Waals surface area contributed by atoms with E-state index in [2.05, 4.69) is 26.1 Å². The van der Waals surface area contributed by atoms with Crippen LogP contribution >= 0.6 is 0 Å². The van der Waals surface area contributed by atoms with Crippen LogP contribution in [0.4, 0.5) is 0 Å². The molecule has 0 spiro atoms. The summed E-state index contributed by atoms with van der Waals surface area (Å²) in [5.74, 6) is -2.62. The largest absolute Gasteiger partial charge is 0.481 e. The minimum absolute atomic E-state index is 0.806. The van der Waals surface area contributed by atoms with E-state index >= 15 is 0 Å². The van der Waals surface area contributed by atoms with Gasteiger partial charge in [-0.15, -0.1) is 0 Å². The van der Waals surface area contributed by atoms with Crippen LogP contribution in [0, 0.1) is 0 Å². The summed E-state index contributed by atoms with van der Waals surface area (Å²) in [6.07, 6.45) is 0.576. The zero-order valence-corrected chi connectivity index (χ0v) is 12.7. The van der Waals surface area contributed by atoms with Crippen molar-refractivity contribution in [3.63, 3.8) is 0 Å². The van der Waals surface area contributed by atoms with Crippen LogP contribution in [0.15, 0.2) is 0 Å². The topological polar surface area (TPSA) is 86.6 Å². The standard InChI is InChI=1S/C4H11N.C3H4O4.C3H7.Na/c1-3-5-4-2;4-2(5)1-3(6)7;1-3-2;/h5H,3-4H2,1-2H3;1H2,(H,4,5)(H,6,7);1,3H2,2H3;. The quantitative estimate of drug-likeness (QED) is 0.498. The molecule has 16 heavy (non-hydrogen) atoms. The number of carbonyl (C=O) groups is 2. The Balaban J connectivity index is -0.000000166. The molecule has 0 aliphatic heterocycles. The normalized spacial score (nSPS) is 8.06. The molecule has 0 saturated heterocycles. The average molecular weight is 243 g/mol. The predicted molar refractivity (Wildman–Crippen MR) is 65.0 cm³/mol. The Labute approximate surface area is 115 Å². The molecule has 0 aliphatic rings. The molecule has 0 unspecified atom stereocenters. The summed E-state index contributed by atoms with van der Waals surface area (Å²) in [5.41, 5.74) is 0. The minimum atomic E-state index is -1.31. The first kappa shape index (κ1) is 21.2. The molecular formula is C10H22NNaO4. The number of hydrogen-bond donors (Lipinski definition) is 3. The molecule has 0 amide bonds. The number of aliphatic carboxylic acids is 2. The second-order valence-electron chi connectivity index (χ2n) is 2.92. The number of hydrogen-bond acceptors (Lipinski definition) is 3. The Hall–Kier alpha value is -0.100. The number of carboxylic acids is 2. The van der Waals surface area contributed by atoms with Gasteiger partial charge in [0.15, 0.2) is 0 Å². The van der Waals surface area contributed by atoms with Crippen LogP contribution in [0.1, 0.15) is 33.6 Å². The first-order valence-electron chi connectivity index (χ1n) is 5.60. The van der Waals surface area contributed by atoms with Crippen molar-refractivity contribution in [2.24, 2.45) is 0 Å². The van der Waals surface area contributed by atoms with Gasteiger partial charge in [0.25, 0.3) is 0 Å². The van der Waals surface area contributed by atoms with Gasteiger partial charge in [-0.1, -0.05) is 13.8 Å². The second-order valence-corrected chi connectivity index (χ2v) is 3.92. The Morgan fingerprint density at radius 3 is 1.38 bits per heavy atom. The van der Waals surface area contributed by atoms with Gasteiger partial charge < -0.3 is 15.5 Å². The van der Waals surface area contributed by atoms with Gasteiger partial charge in [-0.3, -0.25) is 9.59 Å². The molecule has 0 aromatic heterocycles. The van der Waals surface area contributed by atoms with Crippen molar-refractivity contribution >= 4 is 39.9 Å². The summed E-state index contributed by atoms with van der Waals surface area (Å²) in [6.45, 7) is 8.60. The Morgan fingerprint density at radius 2 is 1.38 bits per heavy atom. The maximum Gasteiger partial charge on any atom is 0.314 e. The van der Waals surface area contributed by atoms with Crippen molar-refractivity contribution in [2.45, 2.75) is 37.3 Å². The summed E-state index contributed by atoms with van der Waals surface area (Å²) < 4.78 is 1.46. The number of nitrogens with one attached hydrogen (secondary N) is 1. The molecule has 5 nitrogen and oxygen atoms in total. The van der Waals surface area contributed by atoms with Gasteiger partial charge in [0.2, 0.25) is 0 Å². The first-order chi connectivity index (χ1) is 7.45. The summed E-state index contributed by atoms with van der Waals surface area (Å²) in [6, 6.07) is 0. The van der Waals surface area contributed by atoms with E-state index in [0.29, 0.717) is 0 Å². The maximum atomic E-state index is 9.43. The van der Waals surface area contributed by atoms with E-state index in [1.807, 2.05) is 0 Å². The van der Waals surface area contributed by atoms with Gasteiger partial charge in [-0.25, -0.2) is 0 Å². The van der Waals surface area contributed by atoms with Crippen molar-refractivity contribution in [3.05, 3.63) is 0 Å². The van der Waals surface area contributed by atoms with Crippen LogP contribution in [0.25, 0.3) is 0 Å². The van der Waals surface area contributed by atoms with E-state index in [1.165, 1.54) is 38.0 Å². The molecule has 0 atom stereocenters. The molecule has 0 aromatic carbocycles. The maximum absolute atomic E-state index is 9.43. The SMILES string of the molecule is CCNCC.CC[CH2][Na].O=C(O)CC(=O)O. The third kappa shape index (κ3) is 48.6. The molecule has 92 valence electrons. The summed E-state index contributed by atoms with van der Waals surface area (Å²) in [7, 11) is 0. The second kappa shape index (κ2) is 20.3. The summed E-state index contributed by atoms with van der Waals surface area (Å²) in [5, 5.41) is 18.5. The molecule has 3 N–H and O–H groups in total. The molecule has 6 heteroatoms. The van der Waals surface area contributed by atoms with Crippen LogP contribution in [0.5, 0.6) is 0 Å². The van der Waals surface area contributed by atoms with Crippen LogP contribution in [-0.4, -0.2) is 63.2 Å². The van der Waals surface area contributed by atoms with Crippen molar-refractivity contribution in [1.82, 2.24) is 5.32 Å². The van der Waals surface area contributed by atoms with Crippen molar-refractivity contribution in [3.8, 4) is 0 Å². The van der Waals surface area contributed by atoms with Crippen LogP contribution in [-0.2, 0) is 9.59 Å². The smallest absolute Gasteiger partial charge is 0.314 e. The monoisotopic (exact) mass is 243 g/mol. The average Bonchev–Trinajstić information content (AvgIpc) is 2.18. The molecular weight excluding hydrogens is 221 g/mol. The fourth-order valence-corrected chi connectivity index (χ4v) is 0.379. The van der Waals surface area contributed by atoms with Crippen LogP contribution in [0.2, 0.25) is 3.67 Å². The fraction of sp³-hybridized carbons (Fsp3) is 0.800. The summed E-state index contributed by atoms with van der Waals surface area (Å²) in [4.78, 5) is 18.9. The Kier molecular flexibility index (Phi) is 27.0. The Bertz CT molecular complexity index is 149. The predicted octanol–water partition coefficient (Wildman–Crippen LogP) is 1.14. The molecule has 0 fully saturated rings. The zero-order valence-electron chi connectivity index (χ0n) is 10.7. The van der Waals surface area contributed by atoms with Gasteiger partial charge >= 0.3 is 56.9 Å². The molecule has 0 bridgehead atoms. The number of carboxylic acid groups (broad SMARTS) is 2. The van der Waals surface area contributed by atoms with Gasteiger partial charge in [0.05, 0.1) is 0 Å². The van der Waals surface area contributed by atoms with Gasteiger partial charge in [-0.2, -0.15) is 0 Å². The third-order valence-corrected chi connectivity index (χ3v) is 2.30. The molecule has 0 heterocycles. The van der Waals surface area contributed by atoms with Crippen LogP contribution in [0.3, 0.4) is 0 Å². The Morgan fingerprint density at radius 1 is 1.06 bits per heavy atom. The van der Waals surface area contributed by atoms with Crippen molar-refractivity contribution < 1.29 is 19.8 Å². The van der Waals surface area contributed by atoms with E-state index in [4.69, 9.17) is 10.2 Å². The number of rotatable bonds is 5. The van der Waals surface area contributed by atoms with Crippen molar-refractivity contribution in [2.75, 3.05) is 13.1 Å². The molecule has 0 aromatic rings. The molecule has 0 aliphatic carbocycles. The zero-order chi connectivity index (χ0) is 13.4. The third-order valence-electron chi connectivity index (χ3n) is 1.30. The van der Waals surface area contributed by atoms with E-state index < -0.39 is 18.4 Å². The van der Waals surface area contributed by atoms with E-state index in [1.54, 1.807) is 0 Å². The minimum Gasteiger partial charge on any atom is -0.481 e. The fourth-order valence-electron chi connectivity index (χ4n) is 0.379. The van der Waals surface area contributed by atoms with Gasteiger partial charge in [0.1, 0.15) is 6.42 Å². The molecule has 0 saturated carbocycles. The van der Waals surface area contributed by atoms with Crippen LogP contribution < -0.4 is 5.32 Å². The van der Waals surface area contributed by atoms with Gasteiger partial charge in [0, 0.05) is 0 Å². The molecule has 0 radical (unpaired) electrons. The van der Waals surface area contributed by atoms with E-state index in [9.17, 15) is 9.59 Å². The summed E-state index contributed by atoms with van der Waals surface area (Å²) >= 11 is 1.39. The van der Waals surface area contributed by atoms with Crippen molar-refractivity contribution in [1.29, 1.82) is 0 Å². The van der Waals surface area contributed by atoms with E-state index in [0.717, 1.165) is 13.1 Å². The van der Waals surface area contributed by atoms with Gasteiger partial charge in [-0.05, 0) is 13.1 Å². The molecule has 0 rings (SSSR count). The van der Waals surface area contributed by atoms with E-state index in [-0.39, 0.29) is 0 Å².